The van der Waals surface area contributed by atoms with Gasteiger partial charge in [0, 0.05) is 13.1 Å². The quantitative estimate of drug-likeness (QED) is 0.550. The van der Waals surface area contributed by atoms with Crippen LogP contribution in [-0.2, 0) is 4.79 Å². The van der Waals surface area contributed by atoms with Crippen LogP contribution in [0.2, 0.25) is 0 Å². The topological polar surface area (TPSA) is 46.3 Å². The van der Waals surface area contributed by atoms with E-state index in [-0.39, 0.29) is 6.17 Å². The van der Waals surface area contributed by atoms with Gasteiger partial charge in [0.25, 0.3) is 0 Å². The summed E-state index contributed by atoms with van der Waals surface area (Å²) in [5, 5.41) is 0. The lowest BCUT2D eigenvalue weighted by molar-refractivity contribution is -0.112. The fourth-order valence-electron chi connectivity index (χ4n) is 1.30. The van der Waals surface area contributed by atoms with E-state index in [1.807, 2.05) is 4.90 Å². The molecule has 0 amide bonds. The molecule has 1 aliphatic heterocycles. The first-order valence-corrected chi connectivity index (χ1v) is 3.79. The number of piperidine rings is 1. The largest absolute Gasteiger partial charge is 0.310 e. The van der Waals surface area contributed by atoms with E-state index in [1.54, 1.807) is 0 Å². The maximum atomic E-state index is 10.2. The van der Waals surface area contributed by atoms with Gasteiger partial charge in [0.1, 0.15) is 6.17 Å². The zero-order chi connectivity index (χ0) is 7.40. The Morgan fingerprint density at radius 3 is 2.40 bits per heavy atom. The standard InChI is InChI=1S/C7H14N2O/c8-7(6-10)9-4-2-1-3-5-9/h6-7H,1-5,8H2. The molecule has 0 spiro atoms. The summed E-state index contributed by atoms with van der Waals surface area (Å²) in [5.74, 6) is 0. The van der Waals surface area contributed by atoms with Crippen LogP contribution >= 0.6 is 0 Å². The van der Waals surface area contributed by atoms with Gasteiger partial charge in [-0.05, 0) is 12.8 Å². The van der Waals surface area contributed by atoms with Crippen LogP contribution in [-0.4, -0.2) is 30.4 Å². The minimum Gasteiger partial charge on any atom is -0.310 e. The predicted molar refractivity (Wildman–Crippen MR) is 39.5 cm³/mol. The third-order valence-electron chi connectivity index (χ3n) is 1.95. The summed E-state index contributed by atoms with van der Waals surface area (Å²) >= 11 is 0. The zero-order valence-electron chi connectivity index (χ0n) is 6.12. The normalized spacial score (nSPS) is 24.1. The van der Waals surface area contributed by atoms with E-state index >= 15 is 0 Å². The van der Waals surface area contributed by atoms with Gasteiger partial charge < -0.3 is 10.5 Å². The second-order valence-electron chi connectivity index (χ2n) is 2.72. The molecule has 2 N–H and O–H groups in total. The van der Waals surface area contributed by atoms with Crippen LogP contribution in [0.3, 0.4) is 0 Å². The molecule has 0 aromatic heterocycles. The Morgan fingerprint density at radius 1 is 1.30 bits per heavy atom. The molecule has 1 rings (SSSR count). The summed E-state index contributed by atoms with van der Waals surface area (Å²) in [6.07, 6.45) is 4.09. The highest BCUT2D eigenvalue weighted by Gasteiger charge is 2.15. The second-order valence-corrected chi connectivity index (χ2v) is 2.72. The molecule has 0 radical (unpaired) electrons. The fraction of sp³-hybridized carbons (Fsp3) is 0.857. The number of hydrogen-bond donors (Lipinski definition) is 1. The molecule has 0 aliphatic carbocycles. The van der Waals surface area contributed by atoms with Crippen LogP contribution in [0, 0.1) is 0 Å². The molecule has 0 aromatic carbocycles. The van der Waals surface area contributed by atoms with Crippen molar-refractivity contribution in [3.05, 3.63) is 0 Å². The monoisotopic (exact) mass is 142 g/mol. The second kappa shape index (κ2) is 3.68. The van der Waals surface area contributed by atoms with Gasteiger partial charge in [-0.3, -0.25) is 4.90 Å². The van der Waals surface area contributed by atoms with E-state index in [2.05, 4.69) is 0 Å². The van der Waals surface area contributed by atoms with Gasteiger partial charge >= 0.3 is 0 Å². The Labute approximate surface area is 61.2 Å². The molecule has 0 saturated carbocycles. The maximum absolute atomic E-state index is 10.2. The Morgan fingerprint density at radius 2 is 1.90 bits per heavy atom. The lowest BCUT2D eigenvalue weighted by Gasteiger charge is -2.28. The highest BCUT2D eigenvalue weighted by Crippen LogP contribution is 2.08. The molecule has 1 aliphatic rings. The van der Waals surface area contributed by atoms with Gasteiger partial charge in [0.2, 0.25) is 0 Å². The van der Waals surface area contributed by atoms with Crippen molar-refractivity contribution in [3.63, 3.8) is 0 Å². The van der Waals surface area contributed by atoms with Crippen LogP contribution in [0.1, 0.15) is 19.3 Å². The van der Waals surface area contributed by atoms with E-state index in [9.17, 15) is 4.79 Å². The first kappa shape index (κ1) is 7.69. The van der Waals surface area contributed by atoms with Crippen LogP contribution in [0.15, 0.2) is 0 Å². The van der Waals surface area contributed by atoms with Crippen molar-refractivity contribution < 1.29 is 4.79 Å². The van der Waals surface area contributed by atoms with E-state index < -0.39 is 0 Å². The van der Waals surface area contributed by atoms with Crippen molar-refractivity contribution >= 4 is 6.29 Å². The van der Waals surface area contributed by atoms with Crippen molar-refractivity contribution in [2.45, 2.75) is 25.4 Å². The molecule has 10 heavy (non-hydrogen) atoms. The third kappa shape index (κ3) is 1.78. The Bertz CT molecular complexity index is 110. The van der Waals surface area contributed by atoms with Crippen molar-refractivity contribution in [3.8, 4) is 0 Å². The zero-order valence-corrected chi connectivity index (χ0v) is 6.12. The predicted octanol–water partition coefficient (Wildman–Crippen LogP) is -0.0440. The molecule has 1 saturated heterocycles. The van der Waals surface area contributed by atoms with Crippen molar-refractivity contribution in [1.82, 2.24) is 4.90 Å². The Kier molecular flexibility index (Phi) is 2.83. The average molecular weight is 142 g/mol. The summed E-state index contributed by atoms with van der Waals surface area (Å²) in [7, 11) is 0. The molecule has 0 aromatic rings. The van der Waals surface area contributed by atoms with Crippen LogP contribution in [0.5, 0.6) is 0 Å². The number of aldehydes is 1. The number of nitrogens with zero attached hydrogens (tertiary/aromatic N) is 1. The van der Waals surface area contributed by atoms with E-state index in [0.717, 1.165) is 19.4 Å². The lowest BCUT2D eigenvalue weighted by Crippen LogP contribution is -2.45. The summed E-state index contributed by atoms with van der Waals surface area (Å²) in [6.45, 7) is 1.97. The van der Waals surface area contributed by atoms with E-state index in [0.29, 0.717) is 0 Å². The summed E-state index contributed by atoms with van der Waals surface area (Å²) < 4.78 is 0. The lowest BCUT2D eigenvalue weighted by atomic mass is 10.1. The minimum absolute atomic E-state index is 0.361. The molecule has 1 atom stereocenters. The van der Waals surface area contributed by atoms with Gasteiger partial charge in [0.05, 0.1) is 0 Å². The van der Waals surface area contributed by atoms with Gasteiger partial charge in [0.15, 0.2) is 6.29 Å². The third-order valence-corrected chi connectivity index (χ3v) is 1.95. The van der Waals surface area contributed by atoms with Gasteiger partial charge in [-0.15, -0.1) is 0 Å². The number of nitrogens with two attached hydrogens (primary N) is 1. The minimum atomic E-state index is -0.361. The van der Waals surface area contributed by atoms with Crippen LogP contribution < -0.4 is 5.73 Å². The smallest absolute Gasteiger partial charge is 0.151 e. The van der Waals surface area contributed by atoms with E-state index in [4.69, 9.17) is 5.73 Å². The molecule has 3 nitrogen and oxygen atoms in total. The maximum Gasteiger partial charge on any atom is 0.151 e. The molecule has 58 valence electrons. The van der Waals surface area contributed by atoms with Crippen LogP contribution in [0.4, 0.5) is 0 Å². The Balaban J connectivity index is 2.30. The molecule has 1 heterocycles. The first-order valence-electron chi connectivity index (χ1n) is 3.79. The van der Waals surface area contributed by atoms with Crippen LogP contribution in [0.25, 0.3) is 0 Å². The highest BCUT2D eigenvalue weighted by molar-refractivity contribution is 5.56. The van der Waals surface area contributed by atoms with Gasteiger partial charge in [-0.2, -0.15) is 0 Å². The molecule has 3 heteroatoms. The molecule has 1 fully saturated rings. The summed E-state index contributed by atoms with van der Waals surface area (Å²) in [6, 6.07) is 0. The molecular weight excluding hydrogens is 128 g/mol. The van der Waals surface area contributed by atoms with Crippen molar-refractivity contribution in [1.29, 1.82) is 0 Å². The number of rotatable bonds is 2. The number of hydrogen-bond acceptors (Lipinski definition) is 3. The Hall–Kier alpha value is -0.410. The number of carbonyl (C=O) groups is 1. The molecule has 1 unspecified atom stereocenters. The summed E-state index contributed by atoms with van der Waals surface area (Å²) in [5.41, 5.74) is 5.51. The highest BCUT2D eigenvalue weighted by atomic mass is 16.1. The number of likely N-dealkylation sites (tertiary alicyclic amines) is 1. The van der Waals surface area contributed by atoms with Gasteiger partial charge in [-0.25, -0.2) is 0 Å². The van der Waals surface area contributed by atoms with E-state index in [1.165, 1.54) is 19.3 Å². The molecule has 0 bridgehead atoms. The fourth-order valence-corrected chi connectivity index (χ4v) is 1.30. The molecular formula is C7H14N2O. The van der Waals surface area contributed by atoms with Gasteiger partial charge in [-0.1, -0.05) is 6.42 Å². The number of carbonyl (C=O) groups excluding carboxylic acids is 1. The SMILES string of the molecule is NC(C=O)N1CCCCC1. The van der Waals surface area contributed by atoms with Crippen molar-refractivity contribution in [2.24, 2.45) is 5.73 Å². The van der Waals surface area contributed by atoms with Crippen molar-refractivity contribution in [2.75, 3.05) is 13.1 Å². The first-order chi connectivity index (χ1) is 4.84. The summed E-state index contributed by atoms with van der Waals surface area (Å²) in [4.78, 5) is 12.3. The average Bonchev–Trinajstić information content (AvgIpc) is 2.05.